The van der Waals surface area contributed by atoms with Crippen LogP contribution in [-0.2, 0) is 6.42 Å². The maximum absolute atomic E-state index is 9.32. The number of nitrogens with zero attached hydrogens (tertiary/aromatic N) is 2. The first kappa shape index (κ1) is 13.0. The van der Waals surface area contributed by atoms with Gasteiger partial charge in [-0.1, -0.05) is 6.07 Å². The number of oxazole rings is 1. The lowest BCUT2D eigenvalue weighted by Gasteiger charge is -2.19. The minimum absolute atomic E-state index is 0.200. The molecule has 5 heteroatoms. The summed E-state index contributed by atoms with van der Waals surface area (Å²) in [5, 5.41) is 18.1. The molecule has 0 aliphatic rings. The third-order valence-electron chi connectivity index (χ3n) is 2.91. The van der Waals surface area contributed by atoms with Gasteiger partial charge in [-0.05, 0) is 31.2 Å². The summed E-state index contributed by atoms with van der Waals surface area (Å²) < 4.78 is 5.25. The van der Waals surface area contributed by atoms with Crippen molar-refractivity contribution in [3.8, 4) is 0 Å². The van der Waals surface area contributed by atoms with Gasteiger partial charge in [0, 0.05) is 13.1 Å². The van der Waals surface area contributed by atoms with Crippen LogP contribution in [0, 0.1) is 0 Å². The van der Waals surface area contributed by atoms with Crippen LogP contribution in [0.4, 0.5) is 0 Å². The molecule has 2 aromatic rings. The number of hydrogen-bond acceptors (Lipinski definition) is 5. The molecule has 0 saturated carbocycles. The molecule has 0 fully saturated rings. The van der Waals surface area contributed by atoms with Crippen molar-refractivity contribution < 1.29 is 14.6 Å². The van der Waals surface area contributed by atoms with Crippen molar-refractivity contribution in [2.45, 2.75) is 12.5 Å². The van der Waals surface area contributed by atoms with E-state index in [0.717, 1.165) is 24.1 Å². The van der Waals surface area contributed by atoms with Crippen molar-refractivity contribution in [3.05, 3.63) is 30.2 Å². The Morgan fingerprint density at radius 3 is 3.06 bits per heavy atom. The van der Waals surface area contributed by atoms with Crippen molar-refractivity contribution >= 4 is 11.1 Å². The zero-order valence-corrected chi connectivity index (χ0v) is 10.4. The van der Waals surface area contributed by atoms with Crippen LogP contribution in [0.5, 0.6) is 0 Å². The van der Waals surface area contributed by atoms with Crippen LogP contribution < -0.4 is 0 Å². The lowest BCUT2D eigenvalue weighted by Crippen LogP contribution is -2.32. The predicted molar refractivity (Wildman–Crippen MR) is 68.3 cm³/mol. The lowest BCUT2D eigenvalue weighted by molar-refractivity contribution is 0.0669. The Kier molecular flexibility index (Phi) is 4.30. The molecule has 18 heavy (non-hydrogen) atoms. The number of aliphatic hydroxyl groups is 2. The summed E-state index contributed by atoms with van der Waals surface area (Å²) in [6.45, 7) is 1.09. The van der Waals surface area contributed by atoms with Crippen molar-refractivity contribution in [1.29, 1.82) is 0 Å². The average molecular weight is 250 g/mol. The molecule has 0 saturated heterocycles. The van der Waals surface area contributed by atoms with Crippen molar-refractivity contribution in [1.82, 2.24) is 9.88 Å². The molecule has 1 aromatic heterocycles. The predicted octanol–water partition coefficient (Wildman–Crippen LogP) is 0.655. The molecule has 1 unspecified atom stereocenters. The molecule has 0 aliphatic carbocycles. The summed E-state index contributed by atoms with van der Waals surface area (Å²) in [7, 11) is 1.92. The van der Waals surface area contributed by atoms with Gasteiger partial charge in [0.2, 0.25) is 0 Å². The minimum atomic E-state index is -0.674. The SMILES string of the molecule is CN(CCc1ccc2ncoc2c1)CC(O)CO. The smallest absolute Gasteiger partial charge is 0.181 e. The molecule has 1 aromatic carbocycles. The summed E-state index contributed by atoms with van der Waals surface area (Å²) in [6, 6.07) is 5.95. The number of likely N-dealkylation sites (N-methyl/N-ethyl adjacent to an activating group) is 1. The molecular formula is C13H18N2O3. The largest absolute Gasteiger partial charge is 0.443 e. The van der Waals surface area contributed by atoms with Crippen molar-refractivity contribution in [3.63, 3.8) is 0 Å². The van der Waals surface area contributed by atoms with Crippen LogP contribution in [0.2, 0.25) is 0 Å². The summed E-state index contributed by atoms with van der Waals surface area (Å²) in [5.41, 5.74) is 2.83. The Hall–Kier alpha value is -1.43. The van der Waals surface area contributed by atoms with Gasteiger partial charge in [-0.3, -0.25) is 0 Å². The topological polar surface area (TPSA) is 69.7 Å². The van der Waals surface area contributed by atoms with Crippen LogP contribution in [0.15, 0.2) is 29.0 Å². The monoisotopic (exact) mass is 250 g/mol. The van der Waals surface area contributed by atoms with Gasteiger partial charge < -0.3 is 19.5 Å². The fourth-order valence-electron chi connectivity index (χ4n) is 1.88. The number of fused-ring (bicyclic) bond motifs is 1. The first-order chi connectivity index (χ1) is 8.69. The second-order valence-corrected chi connectivity index (χ2v) is 4.50. The highest BCUT2D eigenvalue weighted by Crippen LogP contribution is 2.14. The van der Waals surface area contributed by atoms with E-state index in [1.54, 1.807) is 0 Å². The third kappa shape index (κ3) is 3.29. The molecule has 0 bridgehead atoms. The van der Waals surface area contributed by atoms with E-state index in [1.165, 1.54) is 12.0 Å². The highest BCUT2D eigenvalue weighted by molar-refractivity contribution is 5.72. The van der Waals surface area contributed by atoms with Gasteiger partial charge in [-0.25, -0.2) is 4.98 Å². The van der Waals surface area contributed by atoms with Gasteiger partial charge in [0.05, 0.1) is 12.7 Å². The quantitative estimate of drug-likeness (QED) is 0.788. The Balaban J connectivity index is 1.89. The molecule has 0 aliphatic heterocycles. The minimum Gasteiger partial charge on any atom is -0.443 e. The number of rotatable bonds is 6. The molecule has 98 valence electrons. The van der Waals surface area contributed by atoms with Gasteiger partial charge in [-0.2, -0.15) is 0 Å². The highest BCUT2D eigenvalue weighted by Gasteiger charge is 2.07. The molecule has 0 amide bonds. The number of aromatic nitrogens is 1. The van der Waals surface area contributed by atoms with Gasteiger partial charge >= 0.3 is 0 Å². The lowest BCUT2D eigenvalue weighted by atomic mass is 10.1. The van der Waals surface area contributed by atoms with E-state index in [4.69, 9.17) is 9.52 Å². The molecule has 2 rings (SSSR count). The van der Waals surface area contributed by atoms with E-state index < -0.39 is 6.10 Å². The summed E-state index contributed by atoms with van der Waals surface area (Å²) >= 11 is 0. The second-order valence-electron chi connectivity index (χ2n) is 4.50. The fraction of sp³-hybridized carbons (Fsp3) is 0.462. The number of hydrogen-bond donors (Lipinski definition) is 2. The highest BCUT2D eigenvalue weighted by atomic mass is 16.3. The normalized spacial score (nSPS) is 13.3. The summed E-state index contributed by atoms with van der Waals surface area (Å²) in [4.78, 5) is 6.06. The average Bonchev–Trinajstić information content (AvgIpc) is 2.83. The molecule has 2 N–H and O–H groups in total. The molecular weight excluding hydrogens is 232 g/mol. The molecule has 0 spiro atoms. The summed E-state index contributed by atoms with van der Waals surface area (Å²) in [6.07, 6.45) is 1.63. The molecule has 1 atom stereocenters. The van der Waals surface area contributed by atoms with Gasteiger partial charge in [-0.15, -0.1) is 0 Å². The fourth-order valence-corrected chi connectivity index (χ4v) is 1.88. The first-order valence-corrected chi connectivity index (χ1v) is 5.98. The van der Waals surface area contributed by atoms with Crippen LogP contribution in [0.3, 0.4) is 0 Å². The van der Waals surface area contributed by atoms with E-state index in [0.29, 0.717) is 6.54 Å². The third-order valence-corrected chi connectivity index (χ3v) is 2.91. The van der Waals surface area contributed by atoms with Crippen LogP contribution in [0.1, 0.15) is 5.56 Å². The van der Waals surface area contributed by atoms with Gasteiger partial charge in [0.25, 0.3) is 0 Å². The van der Waals surface area contributed by atoms with Gasteiger partial charge in [0.15, 0.2) is 12.0 Å². The maximum atomic E-state index is 9.32. The number of aliphatic hydroxyl groups excluding tert-OH is 2. The van der Waals surface area contributed by atoms with E-state index in [2.05, 4.69) is 4.98 Å². The van der Waals surface area contributed by atoms with E-state index >= 15 is 0 Å². The Bertz CT molecular complexity index is 498. The van der Waals surface area contributed by atoms with Crippen LogP contribution >= 0.6 is 0 Å². The van der Waals surface area contributed by atoms with Gasteiger partial charge in [0.1, 0.15) is 5.52 Å². The molecule has 1 heterocycles. The standard InChI is InChI=1S/C13H18N2O3/c1-15(7-11(17)8-16)5-4-10-2-3-12-13(6-10)18-9-14-12/h2-3,6,9,11,16-17H,4-5,7-8H2,1H3. The van der Waals surface area contributed by atoms with E-state index in [9.17, 15) is 5.11 Å². The zero-order valence-electron chi connectivity index (χ0n) is 10.4. The Morgan fingerprint density at radius 1 is 1.44 bits per heavy atom. The first-order valence-electron chi connectivity index (χ1n) is 5.98. The number of benzene rings is 1. The second kappa shape index (κ2) is 5.95. The maximum Gasteiger partial charge on any atom is 0.181 e. The summed E-state index contributed by atoms with van der Waals surface area (Å²) in [5.74, 6) is 0. The van der Waals surface area contributed by atoms with Crippen molar-refractivity contribution in [2.75, 3.05) is 26.7 Å². The van der Waals surface area contributed by atoms with E-state index in [1.807, 2.05) is 30.1 Å². The van der Waals surface area contributed by atoms with Crippen LogP contribution in [-0.4, -0.2) is 52.9 Å². The Labute approximate surface area is 106 Å². The molecule has 0 radical (unpaired) electrons. The molecule has 5 nitrogen and oxygen atoms in total. The zero-order chi connectivity index (χ0) is 13.0. The Morgan fingerprint density at radius 2 is 2.28 bits per heavy atom. The van der Waals surface area contributed by atoms with Crippen molar-refractivity contribution in [2.24, 2.45) is 0 Å². The van der Waals surface area contributed by atoms with E-state index in [-0.39, 0.29) is 6.61 Å². The van der Waals surface area contributed by atoms with Crippen LogP contribution in [0.25, 0.3) is 11.1 Å².